The highest BCUT2D eigenvalue weighted by Crippen LogP contribution is 2.32. The molecule has 0 aromatic carbocycles. The highest BCUT2D eigenvalue weighted by Gasteiger charge is 2.45. The van der Waals surface area contributed by atoms with Crippen LogP contribution in [-0.2, 0) is 14.6 Å². The van der Waals surface area contributed by atoms with Crippen LogP contribution in [0, 0.1) is 0 Å². The lowest BCUT2D eigenvalue weighted by Crippen LogP contribution is -2.34. The van der Waals surface area contributed by atoms with Crippen molar-refractivity contribution in [3.63, 3.8) is 0 Å². The molecule has 4 nitrogen and oxygen atoms in total. The fourth-order valence-electron chi connectivity index (χ4n) is 1.91. The molecular formula is C9H14O4S. The summed E-state index contributed by atoms with van der Waals surface area (Å²) in [6, 6.07) is 0. The summed E-state index contributed by atoms with van der Waals surface area (Å²) in [4.78, 5) is 0. The third-order valence-electron chi connectivity index (χ3n) is 2.68. The molecule has 2 aliphatic heterocycles. The van der Waals surface area contributed by atoms with Crippen LogP contribution in [0.5, 0.6) is 0 Å². The number of hydrogen-bond acceptors (Lipinski definition) is 4. The first-order valence-corrected chi connectivity index (χ1v) is 6.60. The zero-order valence-electron chi connectivity index (χ0n) is 7.90. The molecule has 2 aliphatic rings. The third kappa shape index (κ3) is 1.79. The van der Waals surface area contributed by atoms with Gasteiger partial charge in [-0.3, -0.25) is 0 Å². The van der Waals surface area contributed by atoms with Crippen LogP contribution in [0.1, 0.15) is 19.3 Å². The number of aliphatic hydroxyl groups is 1. The van der Waals surface area contributed by atoms with Crippen LogP contribution in [-0.4, -0.2) is 37.2 Å². The van der Waals surface area contributed by atoms with Crippen molar-refractivity contribution in [3.8, 4) is 0 Å². The van der Waals surface area contributed by atoms with Crippen LogP contribution < -0.4 is 0 Å². The van der Waals surface area contributed by atoms with Crippen LogP contribution in [0.3, 0.4) is 0 Å². The van der Waals surface area contributed by atoms with E-state index in [9.17, 15) is 13.5 Å². The zero-order valence-corrected chi connectivity index (χ0v) is 8.72. The quantitative estimate of drug-likeness (QED) is 0.684. The molecule has 0 aromatic heterocycles. The molecular weight excluding hydrogens is 204 g/mol. The van der Waals surface area contributed by atoms with E-state index in [1.807, 2.05) is 6.08 Å². The van der Waals surface area contributed by atoms with E-state index in [1.54, 1.807) is 0 Å². The van der Waals surface area contributed by atoms with E-state index in [1.165, 1.54) is 0 Å². The molecule has 1 unspecified atom stereocenters. The first kappa shape index (κ1) is 9.98. The standard InChI is InChI=1S/C9H14O4S/c10-9(4-6-14(11,12)7-9)8-3-1-2-5-13-8/h3,10H,1-2,4-7H2. The Balaban J connectivity index is 2.21. The molecule has 0 spiro atoms. The van der Waals surface area contributed by atoms with Crippen molar-refractivity contribution < 1.29 is 18.3 Å². The molecule has 2 heterocycles. The van der Waals surface area contributed by atoms with Crippen molar-refractivity contribution in [2.75, 3.05) is 18.1 Å². The predicted octanol–water partition coefficient (Wildman–Crippen LogP) is 0.230. The zero-order chi connectivity index (χ0) is 10.2. The summed E-state index contributed by atoms with van der Waals surface area (Å²) in [6.45, 7) is 0.578. The third-order valence-corrected chi connectivity index (χ3v) is 4.42. The minimum absolute atomic E-state index is 0.0597. The second-order valence-corrected chi connectivity index (χ2v) is 6.12. The van der Waals surface area contributed by atoms with Crippen LogP contribution in [0.4, 0.5) is 0 Å². The Labute approximate surface area is 83.5 Å². The van der Waals surface area contributed by atoms with E-state index in [-0.39, 0.29) is 17.9 Å². The number of ether oxygens (including phenoxy) is 1. The minimum atomic E-state index is -3.07. The van der Waals surface area contributed by atoms with Gasteiger partial charge in [0, 0.05) is 0 Å². The average molecular weight is 218 g/mol. The van der Waals surface area contributed by atoms with Gasteiger partial charge in [0.2, 0.25) is 0 Å². The Kier molecular flexibility index (Phi) is 2.31. The molecule has 5 heteroatoms. The molecule has 1 N–H and O–H groups in total. The molecule has 0 amide bonds. The van der Waals surface area contributed by atoms with Crippen LogP contribution >= 0.6 is 0 Å². The van der Waals surface area contributed by atoms with E-state index in [0.29, 0.717) is 12.4 Å². The van der Waals surface area contributed by atoms with Crippen molar-refractivity contribution in [2.45, 2.75) is 24.9 Å². The summed E-state index contributed by atoms with van der Waals surface area (Å²) >= 11 is 0. The van der Waals surface area contributed by atoms with Crippen molar-refractivity contribution >= 4 is 9.84 Å². The van der Waals surface area contributed by atoms with Gasteiger partial charge in [-0.25, -0.2) is 8.42 Å². The van der Waals surface area contributed by atoms with Crippen LogP contribution in [0.2, 0.25) is 0 Å². The Morgan fingerprint density at radius 3 is 2.79 bits per heavy atom. The lowest BCUT2D eigenvalue weighted by atomic mass is 9.99. The van der Waals surface area contributed by atoms with Gasteiger partial charge in [-0.05, 0) is 25.3 Å². The first-order valence-electron chi connectivity index (χ1n) is 4.78. The van der Waals surface area contributed by atoms with Gasteiger partial charge in [0.1, 0.15) is 11.4 Å². The van der Waals surface area contributed by atoms with Gasteiger partial charge in [0.15, 0.2) is 9.84 Å². The van der Waals surface area contributed by atoms with Gasteiger partial charge < -0.3 is 9.84 Å². The predicted molar refractivity (Wildman–Crippen MR) is 51.5 cm³/mol. The maximum Gasteiger partial charge on any atom is 0.153 e. The second-order valence-electron chi connectivity index (χ2n) is 3.93. The minimum Gasteiger partial charge on any atom is -0.495 e. The topological polar surface area (TPSA) is 63.6 Å². The molecule has 1 fully saturated rings. The summed E-state index contributed by atoms with van der Waals surface area (Å²) < 4.78 is 27.8. The summed E-state index contributed by atoms with van der Waals surface area (Å²) in [6.07, 6.45) is 3.87. The van der Waals surface area contributed by atoms with Crippen molar-refractivity contribution in [1.82, 2.24) is 0 Å². The first-order chi connectivity index (χ1) is 6.52. The van der Waals surface area contributed by atoms with Gasteiger partial charge in [0.25, 0.3) is 0 Å². The fraction of sp³-hybridized carbons (Fsp3) is 0.778. The highest BCUT2D eigenvalue weighted by atomic mass is 32.2. The van der Waals surface area contributed by atoms with Gasteiger partial charge >= 0.3 is 0 Å². The number of rotatable bonds is 1. The molecule has 0 bridgehead atoms. The lowest BCUT2D eigenvalue weighted by Gasteiger charge is -2.27. The lowest BCUT2D eigenvalue weighted by molar-refractivity contribution is 0.0237. The van der Waals surface area contributed by atoms with Crippen LogP contribution in [0.25, 0.3) is 0 Å². The maximum atomic E-state index is 11.2. The van der Waals surface area contributed by atoms with Crippen LogP contribution in [0.15, 0.2) is 11.8 Å². The van der Waals surface area contributed by atoms with Crippen molar-refractivity contribution in [1.29, 1.82) is 0 Å². The van der Waals surface area contributed by atoms with E-state index < -0.39 is 15.4 Å². The summed E-state index contributed by atoms with van der Waals surface area (Å²) in [7, 11) is -3.07. The molecule has 1 saturated heterocycles. The summed E-state index contributed by atoms with van der Waals surface area (Å²) in [5, 5.41) is 10.1. The van der Waals surface area contributed by atoms with Crippen molar-refractivity contribution in [3.05, 3.63) is 11.8 Å². The molecule has 0 aromatic rings. The van der Waals surface area contributed by atoms with E-state index in [4.69, 9.17) is 4.74 Å². The Morgan fingerprint density at radius 2 is 2.29 bits per heavy atom. The average Bonchev–Trinajstić information content (AvgIpc) is 2.44. The smallest absolute Gasteiger partial charge is 0.153 e. The number of sulfone groups is 1. The molecule has 0 aliphatic carbocycles. The molecule has 0 radical (unpaired) electrons. The molecule has 80 valence electrons. The number of allylic oxidation sites excluding steroid dienone is 1. The normalized spacial score (nSPS) is 36.2. The van der Waals surface area contributed by atoms with Crippen molar-refractivity contribution in [2.24, 2.45) is 0 Å². The molecule has 14 heavy (non-hydrogen) atoms. The summed E-state index contributed by atoms with van der Waals surface area (Å²) in [5.41, 5.74) is -1.25. The Bertz CT molecular complexity index is 357. The summed E-state index contributed by atoms with van der Waals surface area (Å²) in [5.74, 6) is 0.334. The Morgan fingerprint density at radius 1 is 1.50 bits per heavy atom. The van der Waals surface area contributed by atoms with E-state index in [2.05, 4.69) is 0 Å². The number of hydrogen-bond donors (Lipinski definition) is 1. The highest BCUT2D eigenvalue weighted by molar-refractivity contribution is 7.91. The maximum absolute atomic E-state index is 11.2. The fourth-order valence-corrected chi connectivity index (χ4v) is 3.72. The molecule has 0 saturated carbocycles. The van der Waals surface area contributed by atoms with Gasteiger partial charge in [-0.15, -0.1) is 0 Å². The van der Waals surface area contributed by atoms with E-state index >= 15 is 0 Å². The van der Waals surface area contributed by atoms with Gasteiger partial charge in [0.05, 0.1) is 18.1 Å². The second kappa shape index (κ2) is 3.24. The van der Waals surface area contributed by atoms with Gasteiger partial charge in [-0.2, -0.15) is 0 Å². The van der Waals surface area contributed by atoms with E-state index in [0.717, 1.165) is 12.8 Å². The Hall–Kier alpha value is -0.550. The molecule has 1 atom stereocenters. The van der Waals surface area contributed by atoms with Gasteiger partial charge in [-0.1, -0.05) is 0 Å². The largest absolute Gasteiger partial charge is 0.495 e. The monoisotopic (exact) mass is 218 g/mol. The molecule has 2 rings (SSSR count). The SMILES string of the molecule is O=S1(=O)CCC(O)(C2=CCCCO2)C1.